The Morgan fingerprint density at radius 3 is 3.00 bits per heavy atom. The third-order valence-corrected chi connectivity index (χ3v) is 2.61. The van der Waals surface area contributed by atoms with Gasteiger partial charge < -0.3 is 10.5 Å². The van der Waals surface area contributed by atoms with Crippen molar-refractivity contribution in [1.82, 2.24) is 9.78 Å². The summed E-state index contributed by atoms with van der Waals surface area (Å²) in [5, 5.41) is 4.17. The maximum Gasteiger partial charge on any atom is 0.121 e. The second-order valence-corrected chi connectivity index (χ2v) is 4.59. The van der Waals surface area contributed by atoms with Gasteiger partial charge in [0.25, 0.3) is 0 Å². The molecular formula is C11H12IN3O. The van der Waals surface area contributed by atoms with Gasteiger partial charge in [-0.15, -0.1) is 0 Å². The highest BCUT2D eigenvalue weighted by molar-refractivity contribution is 14.1. The van der Waals surface area contributed by atoms with E-state index in [0.29, 0.717) is 12.3 Å². The van der Waals surface area contributed by atoms with Gasteiger partial charge in [-0.1, -0.05) is 6.07 Å². The lowest BCUT2D eigenvalue weighted by atomic mass is 10.3. The summed E-state index contributed by atoms with van der Waals surface area (Å²) in [6, 6.07) is 7.42. The molecule has 0 aliphatic heterocycles. The maximum absolute atomic E-state index is 5.65. The predicted octanol–water partition coefficient (Wildman–Crippen LogP) is 2.15. The van der Waals surface area contributed by atoms with Crippen LogP contribution < -0.4 is 10.5 Å². The molecule has 0 aliphatic carbocycles. The molecular weight excluding hydrogens is 317 g/mol. The highest BCUT2D eigenvalue weighted by Gasteiger charge is 1.97. The summed E-state index contributed by atoms with van der Waals surface area (Å²) in [7, 11) is 0. The Morgan fingerprint density at radius 2 is 2.31 bits per heavy atom. The zero-order valence-electron chi connectivity index (χ0n) is 8.64. The van der Waals surface area contributed by atoms with Gasteiger partial charge in [0.15, 0.2) is 0 Å². The molecule has 2 aromatic rings. The van der Waals surface area contributed by atoms with Crippen molar-refractivity contribution >= 4 is 28.3 Å². The number of ether oxygens (including phenoxy) is 1. The monoisotopic (exact) mass is 329 g/mol. The van der Waals surface area contributed by atoms with Crippen molar-refractivity contribution in [2.24, 2.45) is 0 Å². The molecule has 4 nitrogen and oxygen atoms in total. The molecule has 0 unspecified atom stereocenters. The number of benzene rings is 1. The van der Waals surface area contributed by atoms with E-state index in [1.54, 1.807) is 0 Å². The van der Waals surface area contributed by atoms with Crippen LogP contribution in [0.4, 0.5) is 5.69 Å². The van der Waals surface area contributed by atoms with E-state index in [0.717, 1.165) is 15.9 Å². The average molecular weight is 329 g/mol. The zero-order chi connectivity index (χ0) is 11.4. The van der Waals surface area contributed by atoms with E-state index in [9.17, 15) is 0 Å². The Bertz CT molecular complexity index is 470. The molecule has 0 radical (unpaired) electrons. The Hall–Kier alpha value is -1.24. The molecule has 2 N–H and O–H groups in total. The molecule has 1 aromatic heterocycles. The molecule has 84 valence electrons. The summed E-state index contributed by atoms with van der Waals surface area (Å²) in [6.45, 7) is 1.32. The van der Waals surface area contributed by atoms with Crippen LogP contribution in [0.3, 0.4) is 0 Å². The van der Waals surface area contributed by atoms with Gasteiger partial charge in [-0.3, -0.25) is 4.68 Å². The lowest BCUT2D eigenvalue weighted by Gasteiger charge is -2.06. The van der Waals surface area contributed by atoms with Crippen LogP contribution in [0, 0.1) is 3.57 Å². The van der Waals surface area contributed by atoms with Crippen LogP contribution in [0.5, 0.6) is 5.75 Å². The molecule has 0 bridgehead atoms. The van der Waals surface area contributed by atoms with Crippen molar-refractivity contribution in [2.45, 2.75) is 6.54 Å². The van der Waals surface area contributed by atoms with E-state index in [-0.39, 0.29) is 0 Å². The van der Waals surface area contributed by atoms with E-state index in [1.807, 2.05) is 41.3 Å². The molecule has 1 aromatic carbocycles. The van der Waals surface area contributed by atoms with Crippen LogP contribution in [-0.4, -0.2) is 16.4 Å². The van der Waals surface area contributed by atoms with E-state index in [1.165, 1.54) is 0 Å². The maximum atomic E-state index is 5.65. The fourth-order valence-electron chi connectivity index (χ4n) is 1.32. The molecule has 5 heteroatoms. The van der Waals surface area contributed by atoms with Crippen LogP contribution >= 0.6 is 22.6 Å². The zero-order valence-corrected chi connectivity index (χ0v) is 10.8. The number of rotatable bonds is 4. The fourth-order valence-corrected chi connectivity index (χ4v) is 1.77. The van der Waals surface area contributed by atoms with E-state index >= 15 is 0 Å². The number of nitrogens with zero attached hydrogens (tertiary/aromatic N) is 2. The van der Waals surface area contributed by atoms with Gasteiger partial charge in [-0.05, 0) is 34.7 Å². The standard InChI is InChI=1S/C11H12IN3O/c12-9-7-14-15(8-9)4-5-16-11-3-1-2-10(13)6-11/h1-3,6-8H,4-5,13H2. The van der Waals surface area contributed by atoms with Gasteiger partial charge in [-0.25, -0.2) is 0 Å². The summed E-state index contributed by atoms with van der Waals surface area (Å²) in [5.41, 5.74) is 6.36. The lowest BCUT2D eigenvalue weighted by Crippen LogP contribution is -2.08. The Labute approximate surface area is 108 Å². The fraction of sp³-hybridized carbons (Fsp3) is 0.182. The highest BCUT2D eigenvalue weighted by atomic mass is 127. The number of aromatic nitrogens is 2. The largest absolute Gasteiger partial charge is 0.492 e. The summed E-state index contributed by atoms with van der Waals surface area (Å²) >= 11 is 2.23. The van der Waals surface area contributed by atoms with Gasteiger partial charge in [0.05, 0.1) is 16.3 Å². The summed E-state index contributed by atoms with van der Waals surface area (Å²) in [4.78, 5) is 0. The number of hydrogen-bond donors (Lipinski definition) is 1. The normalized spacial score (nSPS) is 10.3. The van der Waals surface area contributed by atoms with Crippen LogP contribution in [0.25, 0.3) is 0 Å². The van der Waals surface area contributed by atoms with Crippen LogP contribution in [-0.2, 0) is 6.54 Å². The molecule has 1 heterocycles. The van der Waals surface area contributed by atoms with E-state index in [2.05, 4.69) is 27.7 Å². The number of anilines is 1. The summed E-state index contributed by atoms with van der Waals surface area (Å²) < 4.78 is 8.54. The predicted molar refractivity (Wildman–Crippen MR) is 71.3 cm³/mol. The van der Waals surface area contributed by atoms with Gasteiger partial charge in [0.2, 0.25) is 0 Å². The third-order valence-electron chi connectivity index (χ3n) is 2.05. The van der Waals surface area contributed by atoms with Crippen molar-refractivity contribution in [2.75, 3.05) is 12.3 Å². The van der Waals surface area contributed by atoms with Crippen molar-refractivity contribution < 1.29 is 4.74 Å². The average Bonchev–Trinajstić information content (AvgIpc) is 2.64. The number of nitrogens with two attached hydrogens (primary N) is 1. The van der Waals surface area contributed by atoms with Crippen LogP contribution in [0.1, 0.15) is 0 Å². The first-order chi connectivity index (χ1) is 7.74. The first-order valence-electron chi connectivity index (χ1n) is 4.90. The van der Waals surface area contributed by atoms with Gasteiger partial charge >= 0.3 is 0 Å². The Balaban J connectivity index is 1.84. The lowest BCUT2D eigenvalue weighted by molar-refractivity contribution is 0.291. The molecule has 0 saturated carbocycles. The molecule has 0 spiro atoms. The highest BCUT2D eigenvalue weighted by Crippen LogP contribution is 2.14. The van der Waals surface area contributed by atoms with Crippen LogP contribution in [0.2, 0.25) is 0 Å². The number of halogens is 1. The van der Waals surface area contributed by atoms with Gasteiger partial charge in [-0.2, -0.15) is 5.10 Å². The second kappa shape index (κ2) is 5.20. The molecule has 16 heavy (non-hydrogen) atoms. The molecule has 0 fully saturated rings. The third kappa shape index (κ3) is 3.13. The SMILES string of the molecule is Nc1cccc(OCCn2cc(I)cn2)c1. The summed E-state index contributed by atoms with van der Waals surface area (Å²) in [5.74, 6) is 0.793. The summed E-state index contributed by atoms with van der Waals surface area (Å²) in [6.07, 6.45) is 3.80. The quantitative estimate of drug-likeness (QED) is 0.691. The Kier molecular flexibility index (Phi) is 3.66. The smallest absolute Gasteiger partial charge is 0.121 e. The molecule has 2 rings (SSSR count). The van der Waals surface area contributed by atoms with E-state index < -0.39 is 0 Å². The van der Waals surface area contributed by atoms with Crippen molar-refractivity contribution in [3.8, 4) is 5.75 Å². The van der Waals surface area contributed by atoms with Crippen LogP contribution in [0.15, 0.2) is 36.7 Å². The second-order valence-electron chi connectivity index (χ2n) is 3.34. The molecule has 0 atom stereocenters. The first-order valence-corrected chi connectivity index (χ1v) is 5.98. The first kappa shape index (κ1) is 11.3. The van der Waals surface area contributed by atoms with Gasteiger partial charge in [0, 0.05) is 18.0 Å². The Morgan fingerprint density at radius 1 is 1.44 bits per heavy atom. The van der Waals surface area contributed by atoms with Crippen molar-refractivity contribution in [3.63, 3.8) is 0 Å². The minimum Gasteiger partial charge on any atom is -0.492 e. The number of nitrogen functional groups attached to an aromatic ring is 1. The topological polar surface area (TPSA) is 53.1 Å². The minimum absolute atomic E-state index is 0.585. The van der Waals surface area contributed by atoms with Gasteiger partial charge in [0.1, 0.15) is 12.4 Å². The molecule has 0 saturated heterocycles. The van der Waals surface area contributed by atoms with Crippen molar-refractivity contribution in [3.05, 3.63) is 40.2 Å². The molecule has 0 amide bonds. The molecule has 0 aliphatic rings. The van der Waals surface area contributed by atoms with E-state index in [4.69, 9.17) is 10.5 Å². The van der Waals surface area contributed by atoms with Crippen molar-refractivity contribution in [1.29, 1.82) is 0 Å². The number of hydrogen-bond acceptors (Lipinski definition) is 3. The minimum atomic E-state index is 0.585.